The highest BCUT2D eigenvalue weighted by Gasteiger charge is 2.38. The van der Waals surface area contributed by atoms with Gasteiger partial charge >= 0.3 is 0 Å². The first kappa shape index (κ1) is 12.0. The second-order valence-corrected chi connectivity index (χ2v) is 6.12. The normalized spacial score (nSPS) is 29.7. The molecule has 1 nitrogen and oxygen atoms in total. The van der Waals surface area contributed by atoms with Crippen molar-refractivity contribution in [2.75, 3.05) is 0 Å². The molecule has 2 aliphatic carbocycles. The van der Waals surface area contributed by atoms with Gasteiger partial charge in [0.15, 0.2) is 5.78 Å². The summed E-state index contributed by atoms with van der Waals surface area (Å²) in [5.74, 6) is 3.29. The molecule has 2 saturated carbocycles. The van der Waals surface area contributed by atoms with Crippen molar-refractivity contribution in [2.45, 2.75) is 44.9 Å². The Kier molecular flexibility index (Phi) is 3.49. The van der Waals surface area contributed by atoms with E-state index >= 15 is 0 Å². The van der Waals surface area contributed by atoms with Crippen LogP contribution < -0.4 is 0 Å². The van der Waals surface area contributed by atoms with Gasteiger partial charge in [0.1, 0.15) is 0 Å². The van der Waals surface area contributed by atoms with Gasteiger partial charge in [0.05, 0.1) is 0 Å². The molecule has 2 aliphatic rings. The molecular weight excluding hydrogens is 220 g/mol. The van der Waals surface area contributed by atoms with E-state index in [0.717, 1.165) is 36.2 Å². The Balaban J connectivity index is 1.44. The lowest BCUT2D eigenvalue weighted by molar-refractivity contribution is 0.0976. The van der Waals surface area contributed by atoms with E-state index in [1.165, 1.54) is 32.1 Å². The van der Waals surface area contributed by atoms with Crippen molar-refractivity contribution in [1.29, 1.82) is 0 Å². The maximum Gasteiger partial charge on any atom is 0.162 e. The minimum atomic E-state index is 0.318. The van der Waals surface area contributed by atoms with Gasteiger partial charge in [0.2, 0.25) is 0 Å². The van der Waals surface area contributed by atoms with Crippen molar-refractivity contribution in [3.63, 3.8) is 0 Å². The number of fused-ring (bicyclic) bond motifs is 2. The van der Waals surface area contributed by atoms with Gasteiger partial charge < -0.3 is 0 Å². The van der Waals surface area contributed by atoms with E-state index in [-0.39, 0.29) is 0 Å². The molecule has 3 rings (SSSR count). The number of benzene rings is 1. The molecule has 18 heavy (non-hydrogen) atoms. The molecular formula is C17H22O. The third-order valence-electron chi connectivity index (χ3n) is 4.96. The van der Waals surface area contributed by atoms with Crippen molar-refractivity contribution < 1.29 is 4.79 Å². The zero-order valence-electron chi connectivity index (χ0n) is 11.0. The smallest absolute Gasteiger partial charge is 0.162 e. The van der Waals surface area contributed by atoms with Crippen molar-refractivity contribution in [3.05, 3.63) is 35.9 Å². The Hall–Kier alpha value is -1.11. The molecule has 0 N–H and O–H groups in total. The predicted molar refractivity (Wildman–Crippen MR) is 73.6 cm³/mol. The quantitative estimate of drug-likeness (QED) is 0.696. The number of Topliss-reactive ketones (excluding diaryl/α,β-unsaturated/α-hetero) is 1. The Morgan fingerprint density at radius 1 is 1.11 bits per heavy atom. The average molecular weight is 242 g/mol. The van der Waals surface area contributed by atoms with Crippen LogP contribution in [0.15, 0.2) is 30.3 Å². The number of ketones is 1. The fourth-order valence-electron chi connectivity index (χ4n) is 4.02. The number of rotatable bonds is 5. The molecule has 0 saturated heterocycles. The Bertz CT molecular complexity index is 409. The molecule has 2 fully saturated rings. The van der Waals surface area contributed by atoms with E-state index in [9.17, 15) is 4.79 Å². The Morgan fingerprint density at radius 2 is 1.94 bits per heavy atom. The number of carbonyl (C=O) groups excluding carboxylic acids is 1. The second kappa shape index (κ2) is 5.26. The van der Waals surface area contributed by atoms with Gasteiger partial charge in [-0.2, -0.15) is 0 Å². The fourth-order valence-corrected chi connectivity index (χ4v) is 4.02. The van der Waals surface area contributed by atoms with E-state index < -0.39 is 0 Å². The van der Waals surface area contributed by atoms with E-state index in [1.54, 1.807) is 0 Å². The SMILES string of the molecule is O=C(CCC[C@H]1C[C@H]2CC[C@@H]1C2)c1ccccc1. The minimum Gasteiger partial charge on any atom is -0.294 e. The Labute approximate surface area is 110 Å². The predicted octanol–water partition coefficient (Wildman–Crippen LogP) is 4.48. The van der Waals surface area contributed by atoms with Gasteiger partial charge in [0, 0.05) is 12.0 Å². The van der Waals surface area contributed by atoms with Crippen LogP contribution in [-0.2, 0) is 0 Å². The zero-order chi connectivity index (χ0) is 12.4. The van der Waals surface area contributed by atoms with Crippen LogP contribution in [0, 0.1) is 17.8 Å². The topological polar surface area (TPSA) is 17.1 Å². The van der Waals surface area contributed by atoms with Crippen LogP contribution in [0.1, 0.15) is 55.3 Å². The number of hydrogen-bond donors (Lipinski definition) is 0. The fraction of sp³-hybridized carbons (Fsp3) is 0.588. The summed E-state index contributed by atoms with van der Waals surface area (Å²) in [7, 11) is 0. The monoisotopic (exact) mass is 242 g/mol. The third-order valence-corrected chi connectivity index (χ3v) is 4.96. The highest BCUT2D eigenvalue weighted by Crippen LogP contribution is 2.49. The van der Waals surface area contributed by atoms with Crippen LogP contribution in [0.5, 0.6) is 0 Å². The molecule has 96 valence electrons. The molecule has 0 spiro atoms. The molecule has 0 aliphatic heterocycles. The van der Waals surface area contributed by atoms with Crippen LogP contribution in [0.25, 0.3) is 0 Å². The molecule has 2 bridgehead atoms. The lowest BCUT2D eigenvalue weighted by Gasteiger charge is -2.21. The van der Waals surface area contributed by atoms with Crippen LogP contribution in [0.2, 0.25) is 0 Å². The van der Waals surface area contributed by atoms with E-state index in [0.29, 0.717) is 5.78 Å². The second-order valence-electron chi connectivity index (χ2n) is 6.12. The molecule has 3 atom stereocenters. The van der Waals surface area contributed by atoms with Gasteiger partial charge in [-0.25, -0.2) is 0 Å². The van der Waals surface area contributed by atoms with E-state index in [4.69, 9.17) is 0 Å². The van der Waals surface area contributed by atoms with Crippen molar-refractivity contribution in [2.24, 2.45) is 17.8 Å². The average Bonchev–Trinajstić information content (AvgIpc) is 3.02. The summed E-state index contributed by atoms with van der Waals surface area (Å²) in [4.78, 5) is 12.0. The van der Waals surface area contributed by atoms with Crippen molar-refractivity contribution in [3.8, 4) is 0 Å². The molecule has 0 heterocycles. The molecule has 0 unspecified atom stereocenters. The maximum atomic E-state index is 12.0. The molecule has 1 aromatic rings. The first-order valence-electron chi connectivity index (χ1n) is 7.41. The van der Waals surface area contributed by atoms with E-state index in [2.05, 4.69) is 0 Å². The summed E-state index contributed by atoms with van der Waals surface area (Å²) in [6, 6.07) is 9.72. The van der Waals surface area contributed by atoms with Crippen molar-refractivity contribution >= 4 is 5.78 Å². The number of carbonyl (C=O) groups is 1. The summed E-state index contributed by atoms with van der Waals surface area (Å²) in [6.45, 7) is 0. The molecule has 1 aromatic carbocycles. The molecule has 0 aromatic heterocycles. The molecule has 1 heteroatoms. The van der Waals surface area contributed by atoms with Gasteiger partial charge in [-0.15, -0.1) is 0 Å². The first-order chi connectivity index (χ1) is 8.83. The lowest BCUT2D eigenvalue weighted by atomic mass is 9.85. The standard InChI is InChI=1S/C17H22O/c18-17(14-5-2-1-3-6-14)8-4-7-15-11-13-9-10-16(15)12-13/h1-3,5-6,13,15-16H,4,7-12H2/t13-,15+,16-/m1/s1. The van der Waals surface area contributed by atoms with Gasteiger partial charge in [-0.05, 0) is 49.9 Å². The summed E-state index contributed by atoms with van der Waals surface area (Å²) < 4.78 is 0. The zero-order valence-corrected chi connectivity index (χ0v) is 11.0. The third kappa shape index (κ3) is 2.50. The van der Waals surface area contributed by atoms with Crippen LogP contribution in [0.3, 0.4) is 0 Å². The Morgan fingerprint density at radius 3 is 2.61 bits per heavy atom. The number of hydrogen-bond acceptors (Lipinski definition) is 1. The molecule has 0 radical (unpaired) electrons. The summed E-state index contributed by atoms with van der Waals surface area (Å²) >= 11 is 0. The lowest BCUT2D eigenvalue weighted by Crippen LogP contribution is -2.11. The van der Waals surface area contributed by atoms with Gasteiger partial charge in [-0.3, -0.25) is 4.79 Å². The van der Waals surface area contributed by atoms with Crippen LogP contribution >= 0.6 is 0 Å². The first-order valence-corrected chi connectivity index (χ1v) is 7.41. The minimum absolute atomic E-state index is 0.318. The summed E-state index contributed by atoms with van der Waals surface area (Å²) in [6.07, 6.45) is 8.97. The van der Waals surface area contributed by atoms with Gasteiger partial charge in [0.25, 0.3) is 0 Å². The van der Waals surface area contributed by atoms with Crippen molar-refractivity contribution in [1.82, 2.24) is 0 Å². The summed E-state index contributed by atoms with van der Waals surface area (Å²) in [5.41, 5.74) is 0.880. The highest BCUT2D eigenvalue weighted by atomic mass is 16.1. The maximum absolute atomic E-state index is 12.0. The largest absolute Gasteiger partial charge is 0.294 e. The van der Waals surface area contributed by atoms with Gasteiger partial charge in [-0.1, -0.05) is 36.8 Å². The molecule has 0 amide bonds. The van der Waals surface area contributed by atoms with Crippen LogP contribution in [0.4, 0.5) is 0 Å². The highest BCUT2D eigenvalue weighted by molar-refractivity contribution is 5.95. The summed E-state index contributed by atoms with van der Waals surface area (Å²) in [5, 5.41) is 0. The van der Waals surface area contributed by atoms with Crippen LogP contribution in [-0.4, -0.2) is 5.78 Å². The van der Waals surface area contributed by atoms with E-state index in [1.807, 2.05) is 30.3 Å².